The summed E-state index contributed by atoms with van der Waals surface area (Å²) in [4.78, 5) is 28.6. The van der Waals surface area contributed by atoms with Gasteiger partial charge in [-0.1, -0.05) is 19.1 Å². The first kappa shape index (κ1) is 23.3. The molecule has 2 aliphatic heterocycles. The van der Waals surface area contributed by atoms with E-state index in [1.807, 2.05) is 19.1 Å². The highest BCUT2D eigenvalue weighted by atomic mass is 32.2. The van der Waals surface area contributed by atoms with E-state index >= 15 is 0 Å². The van der Waals surface area contributed by atoms with E-state index < -0.39 is 10.0 Å². The summed E-state index contributed by atoms with van der Waals surface area (Å²) in [6, 6.07) is 12.1. The lowest BCUT2D eigenvalue weighted by Crippen LogP contribution is -2.41. The molecule has 2 amide bonds. The summed E-state index contributed by atoms with van der Waals surface area (Å²) >= 11 is 0. The minimum atomic E-state index is -3.74. The van der Waals surface area contributed by atoms with Gasteiger partial charge in [-0.25, -0.2) is 8.42 Å². The largest absolute Gasteiger partial charge is 0.378 e. The van der Waals surface area contributed by atoms with Gasteiger partial charge in [-0.3, -0.25) is 14.3 Å². The molecule has 0 bridgehead atoms. The number of nitrogens with one attached hydrogen (secondary N) is 1. The minimum Gasteiger partial charge on any atom is -0.378 e. The molecule has 4 rings (SSSR count). The summed E-state index contributed by atoms with van der Waals surface area (Å²) in [5.41, 5.74) is 3.17. The molecular formula is C24H29N3O5S. The molecule has 2 heterocycles. The van der Waals surface area contributed by atoms with Gasteiger partial charge in [0.1, 0.15) is 0 Å². The standard InChI is InChI=1S/C24H29N3O5S/c1-2-18-3-5-20(6-4-18)25-33(30,31)21-7-8-22-19(17-21)11-12-27(22)24(29)10-9-23(28)26-13-15-32-16-14-26/h3-8,17,25H,2,9-16H2,1H3. The van der Waals surface area contributed by atoms with Crippen LogP contribution in [0, 0.1) is 0 Å². The summed E-state index contributed by atoms with van der Waals surface area (Å²) in [7, 11) is -3.74. The van der Waals surface area contributed by atoms with E-state index in [-0.39, 0.29) is 29.6 Å². The van der Waals surface area contributed by atoms with Crippen molar-refractivity contribution in [3.63, 3.8) is 0 Å². The van der Waals surface area contributed by atoms with Gasteiger partial charge in [0.15, 0.2) is 0 Å². The number of aryl methyl sites for hydroxylation is 1. The van der Waals surface area contributed by atoms with E-state index in [0.29, 0.717) is 50.6 Å². The Bertz CT molecular complexity index is 1130. The number of fused-ring (bicyclic) bond motifs is 1. The monoisotopic (exact) mass is 471 g/mol. The third kappa shape index (κ3) is 5.36. The Morgan fingerprint density at radius 3 is 2.36 bits per heavy atom. The summed E-state index contributed by atoms with van der Waals surface area (Å²) in [5.74, 6) is -0.161. The van der Waals surface area contributed by atoms with Gasteiger partial charge in [-0.2, -0.15) is 0 Å². The van der Waals surface area contributed by atoms with E-state index in [4.69, 9.17) is 4.74 Å². The van der Waals surface area contributed by atoms with Crippen molar-refractivity contribution in [3.8, 4) is 0 Å². The zero-order valence-corrected chi connectivity index (χ0v) is 19.6. The summed E-state index contributed by atoms with van der Waals surface area (Å²) in [6.07, 6.45) is 1.75. The number of ether oxygens (including phenoxy) is 1. The molecule has 176 valence electrons. The summed E-state index contributed by atoms with van der Waals surface area (Å²) in [5, 5.41) is 0. The first-order valence-corrected chi connectivity index (χ1v) is 12.8. The van der Waals surface area contributed by atoms with E-state index in [1.54, 1.807) is 34.1 Å². The van der Waals surface area contributed by atoms with Crippen molar-refractivity contribution >= 4 is 33.2 Å². The lowest BCUT2D eigenvalue weighted by atomic mass is 10.2. The van der Waals surface area contributed by atoms with Gasteiger partial charge in [-0.05, 0) is 54.3 Å². The van der Waals surface area contributed by atoms with Crippen molar-refractivity contribution in [2.75, 3.05) is 42.5 Å². The van der Waals surface area contributed by atoms with Crippen LogP contribution in [-0.4, -0.2) is 58.0 Å². The first-order valence-electron chi connectivity index (χ1n) is 11.3. The maximum Gasteiger partial charge on any atom is 0.261 e. The van der Waals surface area contributed by atoms with Crippen molar-refractivity contribution < 1.29 is 22.7 Å². The number of carbonyl (C=O) groups excluding carboxylic acids is 2. The number of amides is 2. The van der Waals surface area contributed by atoms with Crippen LogP contribution in [0.1, 0.15) is 30.9 Å². The molecule has 2 aromatic rings. The van der Waals surface area contributed by atoms with Gasteiger partial charge in [0, 0.05) is 43.9 Å². The average molecular weight is 472 g/mol. The third-order valence-corrected chi connectivity index (χ3v) is 7.47. The van der Waals surface area contributed by atoms with Crippen LogP contribution >= 0.6 is 0 Å². The maximum absolute atomic E-state index is 12.9. The molecule has 8 nitrogen and oxygen atoms in total. The predicted molar refractivity (Wildman–Crippen MR) is 126 cm³/mol. The molecule has 0 radical (unpaired) electrons. The summed E-state index contributed by atoms with van der Waals surface area (Å²) in [6.45, 7) is 4.71. The molecule has 0 aromatic heterocycles. The molecule has 0 atom stereocenters. The highest BCUT2D eigenvalue weighted by Crippen LogP contribution is 2.31. The molecule has 9 heteroatoms. The number of carbonyl (C=O) groups is 2. The molecular weight excluding hydrogens is 442 g/mol. The molecule has 1 saturated heterocycles. The van der Waals surface area contributed by atoms with Crippen LogP contribution in [0.25, 0.3) is 0 Å². The molecule has 0 unspecified atom stereocenters. The Labute approximate surface area is 194 Å². The number of benzene rings is 2. The van der Waals surface area contributed by atoms with Crippen LogP contribution in [0.5, 0.6) is 0 Å². The van der Waals surface area contributed by atoms with Crippen molar-refractivity contribution in [3.05, 3.63) is 53.6 Å². The number of rotatable bonds is 7. The van der Waals surface area contributed by atoms with E-state index in [0.717, 1.165) is 17.5 Å². The van der Waals surface area contributed by atoms with E-state index in [1.165, 1.54) is 6.07 Å². The SMILES string of the molecule is CCc1ccc(NS(=O)(=O)c2ccc3c(c2)CCN3C(=O)CCC(=O)N2CCOCC2)cc1. The zero-order valence-electron chi connectivity index (χ0n) is 18.7. The second-order valence-electron chi connectivity index (χ2n) is 8.24. The molecule has 1 fully saturated rings. The Morgan fingerprint density at radius 1 is 0.970 bits per heavy atom. The van der Waals surface area contributed by atoms with E-state index in [2.05, 4.69) is 4.72 Å². The third-order valence-electron chi connectivity index (χ3n) is 6.09. The number of nitrogens with zero attached hydrogens (tertiary/aromatic N) is 2. The molecule has 2 aromatic carbocycles. The van der Waals surface area contributed by atoms with Crippen molar-refractivity contribution in [2.45, 2.75) is 37.5 Å². The van der Waals surface area contributed by atoms with Crippen LogP contribution in [0.4, 0.5) is 11.4 Å². The predicted octanol–water partition coefficient (Wildman–Crippen LogP) is 2.58. The second kappa shape index (κ2) is 9.93. The Kier molecular flexibility index (Phi) is 6.99. The van der Waals surface area contributed by atoms with Crippen LogP contribution in [0.2, 0.25) is 0 Å². The Balaban J connectivity index is 1.40. The average Bonchev–Trinajstić information content (AvgIpc) is 3.26. The van der Waals surface area contributed by atoms with Crippen LogP contribution < -0.4 is 9.62 Å². The fourth-order valence-corrected chi connectivity index (χ4v) is 5.26. The van der Waals surface area contributed by atoms with Crippen LogP contribution in [0.3, 0.4) is 0 Å². The normalized spacial score (nSPS) is 15.9. The van der Waals surface area contributed by atoms with Crippen molar-refractivity contribution in [1.29, 1.82) is 0 Å². The fourth-order valence-electron chi connectivity index (χ4n) is 4.15. The minimum absolute atomic E-state index is 0.0365. The quantitative estimate of drug-likeness (QED) is 0.670. The van der Waals surface area contributed by atoms with E-state index in [9.17, 15) is 18.0 Å². The van der Waals surface area contributed by atoms with Crippen molar-refractivity contribution in [1.82, 2.24) is 4.90 Å². The lowest BCUT2D eigenvalue weighted by molar-refractivity contribution is -0.136. The fraction of sp³-hybridized carbons (Fsp3) is 0.417. The van der Waals surface area contributed by atoms with Crippen LogP contribution in [-0.2, 0) is 37.2 Å². The van der Waals surface area contributed by atoms with Gasteiger partial charge >= 0.3 is 0 Å². The van der Waals surface area contributed by atoms with Gasteiger partial charge in [0.05, 0.1) is 18.1 Å². The highest BCUT2D eigenvalue weighted by molar-refractivity contribution is 7.92. The molecule has 1 N–H and O–H groups in total. The highest BCUT2D eigenvalue weighted by Gasteiger charge is 2.27. The zero-order chi connectivity index (χ0) is 23.4. The van der Waals surface area contributed by atoms with Gasteiger partial charge in [0.25, 0.3) is 10.0 Å². The van der Waals surface area contributed by atoms with Crippen molar-refractivity contribution in [2.24, 2.45) is 0 Å². The number of hydrogen-bond acceptors (Lipinski definition) is 5. The summed E-state index contributed by atoms with van der Waals surface area (Å²) < 4.78 is 33.6. The number of morpholine rings is 1. The molecule has 33 heavy (non-hydrogen) atoms. The smallest absolute Gasteiger partial charge is 0.261 e. The molecule has 0 saturated carbocycles. The second-order valence-corrected chi connectivity index (χ2v) is 9.92. The molecule has 0 spiro atoms. The number of sulfonamides is 1. The van der Waals surface area contributed by atoms with Crippen LogP contribution in [0.15, 0.2) is 47.4 Å². The van der Waals surface area contributed by atoms with Gasteiger partial charge in [0.2, 0.25) is 11.8 Å². The number of hydrogen-bond donors (Lipinski definition) is 1. The first-order chi connectivity index (χ1) is 15.9. The Morgan fingerprint density at radius 2 is 1.67 bits per heavy atom. The van der Waals surface area contributed by atoms with Gasteiger partial charge in [-0.15, -0.1) is 0 Å². The topological polar surface area (TPSA) is 96.0 Å². The van der Waals surface area contributed by atoms with Gasteiger partial charge < -0.3 is 14.5 Å². The molecule has 2 aliphatic rings. The number of anilines is 2. The molecule has 0 aliphatic carbocycles. The Hall–Kier alpha value is -2.91. The lowest BCUT2D eigenvalue weighted by Gasteiger charge is -2.27. The maximum atomic E-state index is 12.9.